The number of nitrogens with zero attached hydrogens (tertiary/aromatic N) is 2. The quantitative estimate of drug-likeness (QED) is 0.313. The Kier molecular flexibility index (Phi) is 7.08. The first kappa shape index (κ1) is 24.7. The number of anilines is 1. The normalized spacial score (nSPS) is 15.5. The maximum Gasteiger partial charge on any atom is 0.124 e. The van der Waals surface area contributed by atoms with E-state index in [4.69, 9.17) is 11.5 Å². The number of benzene rings is 2. The molecule has 3 N–H and O–H groups in total. The molecule has 2 aromatic carbocycles. The maximum atomic E-state index is 11.3. The highest BCUT2D eigenvalue weighted by molar-refractivity contribution is 7.86. The van der Waals surface area contributed by atoms with Crippen LogP contribution in [-0.4, -0.2) is 10.8 Å². The fourth-order valence-electron chi connectivity index (χ4n) is 4.23. The molecular weight excluding hydrogens is 426 g/mol. The zero-order valence-corrected chi connectivity index (χ0v) is 21.0. The van der Waals surface area contributed by atoms with Gasteiger partial charge in [0.05, 0.1) is 5.71 Å². The minimum absolute atomic E-state index is 0.0350. The molecule has 0 bridgehead atoms. The van der Waals surface area contributed by atoms with Gasteiger partial charge in [-0.3, -0.25) is 0 Å². The Bertz CT molecular complexity index is 1210. The van der Waals surface area contributed by atoms with E-state index in [9.17, 15) is 5.11 Å². The molecule has 3 rings (SSSR count). The van der Waals surface area contributed by atoms with Crippen LogP contribution in [0.2, 0.25) is 0 Å². The SMILES string of the molecule is C#[S-](c1ccccc1)c1cc(C(C)(C)CC(C)(C)C)cc(N(N)N=C2C=CC=CC2=C)c1O. The summed E-state index contributed by atoms with van der Waals surface area (Å²) in [7, 11) is -0.841. The van der Waals surface area contributed by atoms with E-state index in [0.29, 0.717) is 16.3 Å². The summed E-state index contributed by atoms with van der Waals surface area (Å²) >= 11 is 0. The third-order valence-electron chi connectivity index (χ3n) is 5.50. The Labute approximate surface area is 200 Å². The molecule has 0 aromatic heterocycles. The van der Waals surface area contributed by atoms with Crippen molar-refractivity contribution in [2.75, 3.05) is 5.12 Å². The molecule has 0 radical (unpaired) electrons. The molecule has 5 heteroatoms. The van der Waals surface area contributed by atoms with Crippen LogP contribution in [0.3, 0.4) is 0 Å². The van der Waals surface area contributed by atoms with Crippen LogP contribution in [0.1, 0.15) is 46.6 Å². The van der Waals surface area contributed by atoms with Crippen molar-refractivity contribution in [3.8, 4) is 11.4 Å². The van der Waals surface area contributed by atoms with E-state index < -0.39 is 10.3 Å². The molecule has 0 unspecified atom stereocenters. The average molecular weight is 461 g/mol. The number of hydrazine groups is 1. The summed E-state index contributed by atoms with van der Waals surface area (Å²) < 4.78 is 0. The van der Waals surface area contributed by atoms with Crippen LogP contribution in [0.25, 0.3) is 0 Å². The van der Waals surface area contributed by atoms with E-state index in [2.05, 4.69) is 46.3 Å². The fraction of sp³-hybridized carbons (Fsp3) is 0.286. The standard InChI is InChI=1S/C28H34N3OS/c1-20-13-11-12-16-23(20)30-31(29)24-17-21(28(5,6)19-27(2,3)4)18-25(26(24)32)33(7)22-14-9-8-10-15-22/h7-18,32H,1,19,29H2,2-6H3/q-1. The lowest BCUT2D eigenvalue weighted by Crippen LogP contribution is -2.29. The van der Waals surface area contributed by atoms with Crippen molar-refractivity contribution in [3.63, 3.8) is 0 Å². The number of rotatable bonds is 4. The van der Waals surface area contributed by atoms with Crippen molar-refractivity contribution in [2.24, 2.45) is 16.4 Å². The van der Waals surface area contributed by atoms with E-state index in [0.717, 1.165) is 22.5 Å². The molecular formula is C28H34N3OS-. The van der Waals surface area contributed by atoms with Crippen LogP contribution in [0.5, 0.6) is 5.75 Å². The highest BCUT2D eigenvalue weighted by Crippen LogP contribution is 2.42. The van der Waals surface area contributed by atoms with Crippen LogP contribution < -0.4 is 11.0 Å². The van der Waals surface area contributed by atoms with Gasteiger partial charge in [-0.1, -0.05) is 101 Å². The molecule has 0 spiro atoms. The van der Waals surface area contributed by atoms with Gasteiger partial charge in [0.2, 0.25) is 0 Å². The molecule has 0 aliphatic heterocycles. The number of nitrogens with two attached hydrogens (primary N) is 1. The summed E-state index contributed by atoms with van der Waals surface area (Å²) in [5.74, 6) is 6.42. The van der Waals surface area contributed by atoms with Crippen molar-refractivity contribution in [1.82, 2.24) is 0 Å². The molecule has 0 heterocycles. The third-order valence-corrected chi connectivity index (χ3v) is 7.06. The second-order valence-corrected chi connectivity index (χ2v) is 11.8. The summed E-state index contributed by atoms with van der Waals surface area (Å²) in [6.45, 7) is 15.1. The Morgan fingerprint density at radius 2 is 1.70 bits per heavy atom. The smallest absolute Gasteiger partial charge is 0.124 e. The lowest BCUT2D eigenvalue weighted by atomic mass is 9.72. The van der Waals surface area contributed by atoms with Crippen LogP contribution in [0, 0.1) is 11.1 Å². The maximum absolute atomic E-state index is 11.3. The molecule has 1 aliphatic rings. The number of allylic oxidation sites excluding steroid dienone is 5. The molecule has 0 fully saturated rings. The van der Waals surface area contributed by atoms with Gasteiger partial charge in [0.1, 0.15) is 11.4 Å². The summed E-state index contributed by atoms with van der Waals surface area (Å²) in [6, 6.07) is 13.7. The van der Waals surface area contributed by atoms with Crippen molar-refractivity contribution in [3.05, 3.63) is 84.5 Å². The molecule has 174 valence electrons. The Morgan fingerprint density at radius 3 is 2.30 bits per heavy atom. The molecule has 2 aromatic rings. The lowest BCUT2D eigenvalue weighted by molar-refractivity contribution is 0.283. The summed E-state index contributed by atoms with van der Waals surface area (Å²) in [4.78, 5) is 1.58. The molecule has 1 aliphatic carbocycles. The number of phenolic OH excluding ortho intramolecular Hbond substituents is 1. The van der Waals surface area contributed by atoms with E-state index in [1.807, 2.05) is 66.8 Å². The first-order chi connectivity index (χ1) is 15.4. The lowest BCUT2D eigenvalue weighted by Gasteiger charge is -2.35. The average Bonchev–Trinajstić information content (AvgIpc) is 2.73. The van der Waals surface area contributed by atoms with Gasteiger partial charge in [0.15, 0.2) is 0 Å². The first-order valence-electron chi connectivity index (χ1n) is 11.0. The summed E-state index contributed by atoms with van der Waals surface area (Å²) in [5, 5.41) is 17.0. The van der Waals surface area contributed by atoms with Gasteiger partial charge >= 0.3 is 0 Å². The Hall–Kier alpha value is -2.98. The second kappa shape index (κ2) is 9.48. The van der Waals surface area contributed by atoms with Gasteiger partial charge in [-0.25, -0.2) is 5.84 Å². The van der Waals surface area contributed by atoms with Gasteiger partial charge in [-0.05, 0) is 40.5 Å². The minimum Gasteiger partial charge on any atom is -0.507 e. The van der Waals surface area contributed by atoms with Crippen LogP contribution >= 0.6 is 0 Å². The monoisotopic (exact) mass is 460 g/mol. The van der Waals surface area contributed by atoms with Gasteiger partial charge in [0, 0.05) is 0 Å². The summed E-state index contributed by atoms with van der Waals surface area (Å²) in [6.07, 6.45) is 8.42. The number of aromatic hydroxyl groups is 1. The van der Waals surface area contributed by atoms with E-state index >= 15 is 0 Å². The first-order valence-corrected chi connectivity index (χ1v) is 12.3. The topological polar surface area (TPSA) is 61.8 Å². The predicted molar refractivity (Wildman–Crippen MR) is 142 cm³/mol. The Balaban J connectivity index is 2.17. The van der Waals surface area contributed by atoms with E-state index in [-0.39, 0.29) is 16.6 Å². The van der Waals surface area contributed by atoms with Gasteiger partial charge in [-0.2, -0.15) is 10.2 Å². The predicted octanol–water partition coefficient (Wildman–Crippen LogP) is 6.45. The van der Waals surface area contributed by atoms with E-state index in [1.165, 1.54) is 5.12 Å². The molecule has 0 amide bonds. The van der Waals surface area contributed by atoms with Crippen LogP contribution in [-0.2, 0) is 15.7 Å². The van der Waals surface area contributed by atoms with Crippen LogP contribution in [0.15, 0.2) is 93.8 Å². The minimum atomic E-state index is -0.841. The summed E-state index contributed by atoms with van der Waals surface area (Å²) in [5.41, 5.74) is 9.45. The number of hydrazone groups is 1. The molecule has 0 atom stereocenters. The molecule has 0 saturated carbocycles. The number of hydrogen-bond acceptors (Lipinski definition) is 5. The number of phenols is 1. The third kappa shape index (κ3) is 5.88. The Morgan fingerprint density at radius 1 is 1.06 bits per heavy atom. The highest BCUT2D eigenvalue weighted by Gasteiger charge is 2.29. The fourth-order valence-corrected chi connectivity index (χ4v) is 5.50. The van der Waals surface area contributed by atoms with Gasteiger partial charge < -0.3 is 21.1 Å². The number of hydrogen-bond donors (Lipinski definition) is 2. The van der Waals surface area contributed by atoms with Crippen molar-refractivity contribution in [1.29, 1.82) is 0 Å². The zero-order chi connectivity index (χ0) is 24.4. The van der Waals surface area contributed by atoms with Crippen molar-refractivity contribution < 1.29 is 5.11 Å². The molecule has 0 saturated heterocycles. The van der Waals surface area contributed by atoms with E-state index in [1.54, 1.807) is 0 Å². The molecule has 33 heavy (non-hydrogen) atoms. The van der Waals surface area contributed by atoms with Crippen molar-refractivity contribution >= 4 is 21.7 Å². The van der Waals surface area contributed by atoms with Gasteiger partial charge in [0.25, 0.3) is 0 Å². The highest BCUT2D eigenvalue weighted by atomic mass is 32.2. The largest absolute Gasteiger partial charge is 0.507 e. The van der Waals surface area contributed by atoms with Gasteiger partial charge in [-0.15, -0.1) is 4.90 Å². The van der Waals surface area contributed by atoms with Crippen molar-refractivity contribution in [2.45, 2.75) is 56.2 Å². The zero-order valence-electron chi connectivity index (χ0n) is 20.2. The second-order valence-electron chi connectivity index (χ2n) is 10.2. The molecule has 4 nitrogen and oxygen atoms in total. The van der Waals surface area contributed by atoms with Crippen LogP contribution in [0.4, 0.5) is 5.69 Å².